The first-order valence-corrected chi connectivity index (χ1v) is 7.30. The second kappa shape index (κ2) is 6.24. The van der Waals surface area contributed by atoms with Crippen molar-refractivity contribution in [1.29, 1.82) is 0 Å². The van der Waals surface area contributed by atoms with Gasteiger partial charge in [0.05, 0.1) is 0 Å². The number of piperidine rings is 1. The lowest BCUT2D eigenvalue weighted by Gasteiger charge is -2.30. The number of ether oxygens (including phenoxy) is 1. The molecule has 0 spiro atoms. The highest BCUT2D eigenvalue weighted by molar-refractivity contribution is 5.88. The SMILES string of the molecule is CC(C)(C)OC(=O)c1cccc(N2CCC(C=O)CC2)n1. The van der Waals surface area contributed by atoms with Crippen molar-refractivity contribution < 1.29 is 14.3 Å². The highest BCUT2D eigenvalue weighted by Gasteiger charge is 2.22. The monoisotopic (exact) mass is 290 g/mol. The number of carbonyl (C=O) groups is 2. The van der Waals surface area contributed by atoms with Crippen LogP contribution < -0.4 is 4.90 Å². The largest absolute Gasteiger partial charge is 0.455 e. The summed E-state index contributed by atoms with van der Waals surface area (Å²) >= 11 is 0. The van der Waals surface area contributed by atoms with Crippen LogP contribution in [0.1, 0.15) is 44.1 Å². The van der Waals surface area contributed by atoms with Gasteiger partial charge in [0.1, 0.15) is 17.7 Å². The van der Waals surface area contributed by atoms with Gasteiger partial charge in [-0.3, -0.25) is 0 Å². The number of pyridine rings is 1. The van der Waals surface area contributed by atoms with Gasteiger partial charge in [-0.15, -0.1) is 0 Å². The van der Waals surface area contributed by atoms with Crippen molar-refractivity contribution in [2.45, 2.75) is 39.2 Å². The zero-order valence-corrected chi connectivity index (χ0v) is 12.8. The van der Waals surface area contributed by atoms with E-state index in [0.29, 0.717) is 5.69 Å². The average Bonchev–Trinajstić information content (AvgIpc) is 2.46. The molecule has 1 aromatic rings. The highest BCUT2D eigenvalue weighted by atomic mass is 16.6. The lowest BCUT2D eigenvalue weighted by atomic mass is 9.99. The molecule has 0 saturated carbocycles. The third-order valence-electron chi connectivity index (χ3n) is 3.40. The molecule has 0 bridgehead atoms. The molecule has 2 rings (SSSR count). The summed E-state index contributed by atoms with van der Waals surface area (Å²) in [6, 6.07) is 5.36. The van der Waals surface area contributed by atoms with Gasteiger partial charge in [0.2, 0.25) is 0 Å². The van der Waals surface area contributed by atoms with Crippen molar-refractivity contribution in [3.05, 3.63) is 23.9 Å². The lowest BCUT2D eigenvalue weighted by Crippen LogP contribution is -2.35. The molecule has 0 radical (unpaired) electrons. The second-order valence-electron chi connectivity index (χ2n) is 6.34. The van der Waals surface area contributed by atoms with Gasteiger partial charge in [0.15, 0.2) is 5.69 Å². The molecule has 2 heterocycles. The van der Waals surface area contributed by atoms with Crippen molar-refractivity contribution >= 4 is 18.1 Å². The number of nitrogens with zero attached hydrogens (tertiary/aromatic N) is 2. The molecule has 0 aliphatic carbocycles. The topological polar surface area (TPSA) is 59.5 Å². The predicted molar refractivity (Wildman–Crippen MR) is 80.4 cm³/mol. The minimum absolute atomic E-state index is 0.148. The smallest absolute Gasteiger partial charge is 0.357 e. The predicted octanol–water partition coefficient (Wildman–Crippen LogP) is 2.45. The standard InChI is InChI=1S/C16H22N2O3/c1-16(2,3)21-15(20)13-5-4-6-14(17-13)18-9-7-12(11-19)8-10-18/h4-6,11-12H,7-10H2,1-3H3. The van der Waals surface area contributed by atoms with Crippen LogP contribution in [0.3, 0.4) is 0 Å². The van der Waals surface area contributed by atoms with E-state index in [1.807, 2.05) is 32.9 Å². The van der Waals surface area contributed by atoms with Crippen LogP contribution in [-0.2, 0) is 9.53 Å². The van der Waals surface area contributed by atoms with Gasteiger partial charge in [-0.1, -0.05) is 6.07 Å². The highest BCUT2D eigenvalue weighted by Crippen LogP contribution is 2.21. The quantitative estimate of drug-likeness (QED) is 0.632. The fraction of sp³-hybridized carbons (Fsp3) is 0.562. The van der Waals surface area contributed by atoms with Gasteiger partial charge in [0, 0.05) is 19.0 Å². The number of carbonyl (C=O) groups excluding carboxylic acids is 2. The molecule has 0 N–H and O–H groups in total. The normalized spacial score (nSPS) is 16.6. The van der Waals surface area contributed by atoms with Gasteiger partial charge in [-0.05, 0) is 45.7 Å². The summed E-state index contributed by atoms with van der Waals surface area (Å²) < 4.78 is 5.33. The van der Waals surface area contributed by atoms with Crippen molar-refractivity contribution in [1.82, 2.24) is 4.98 Å². The fourth-order valence-electron chi connectivity index (χ4n) is 2.31. The van der Waals surface area contributed by atoms with Gasteiger partial charge in [0.25, 0.3) is 0 Å². The number of rotatable bonds is 3. The minimum Gasteiger partial charge on any atom is -0.455 e. The van der Waals surface area contributed by atoms with Crippen molar-refractivity contribution in [3.8, 4) is 0 Å². The third kappa shape index (κ3) is 4.28. The second-order valence-corrected chi connectivity index (χ2v) is 6.34. The Morgan fingerprint density at radius 2 is 2.00 bits per heavy atom. The van der Waals surface area contributed by atoms with E-state index in [1.165, 1.54) is 0 Å². The Morgan fingerprint density at radius 1 is 1.33 bits per heavy atom. The number of hydrogen-bond acceptors (Lipinski definition) is 5. The molecule has 0 unspecified atom stereocenters. The van der Waals surface area contributed by atoms with Crippen LogP contribution in [0.4, 0.5) is 5.82 Å². The zero-order chi connectivity index (χ0) is 15.5. The number of esters is 1. The molecule has 21 heavy (non-hydrogen) atoms. The van der Waals surface area contributed by atoms with E-state index in [9.17, 15) is 9.59 Å². The summed E-state index contributed by atoms with van der Waals surface area (Å²) in [5.74, 6) is 0.505. The van der Waals surface area contributed by atoms with Crippen LogP contribution in [0.15, 0.2) is 18.2 Å². The first kappa shape index (κ1) is 15.5. The van der Waals surface area contributed by atoms with E-state index in [-0.39, 0.29) is 5.92 Å². The van der Waals surface area contributed by atoms with Crippen LogP contribution in [-0.4, -0.2) is 35.9 Å². The number of aldehydes is 1. The van der Waals surface area contributed by atoms with Crippen LogP contribution in [0.2, 0.25) is 0 Å². The molecule has 5 heteroatoms. The molecular formula is C16H22N2O3. The van der Waals surface area contributed by atoms with Gasteiger partial charge < -0.3 is 14.4 Å². The van der Waals surface area contributed by atoms with E-state index in [4.69, 9.17) is 4.74 Å². The Kier molecular flexibility index (Phi) is 4.60. The zero-order valence-electron chi connectivity index (χ0n) is 12.8. The molecule has 1 aliphatic rings. The molecule has 1 fully saturated rings. The Bertz CT molecular complexity index is 514. The summed E-state index contributed by atoms with van der Waals surface area (Å²) in [5, 5.41) is 0. The minimum atomic E-state index is -0.531. The molecule has 0 atom stereocenters. The molecule has 1 aromatic heterocycles. The number of hydrogen-bond donors (Lipinski definition) is 0. The van der Waals surface area contributed by atoms with Crippen molar-refractivity contribution in [3.63, 3.8) is 0 Å². The molecule has 0 aromatic carbocycles. The van der Waals surface area contributed by atoms with E-state index >= 15 is 0 Å². The Morgan fingerprint density at radius 3 is 2.57 bits per heavy atom. The Labute approximate surface area is 125 Å². The average molecular weight is 290 g/mol. The van der Waals surface area contributed by atoms with Gasteiger partial charge in [-0.2, -0.15) is 0 Å². The van der Waals surface area contributed by atoms with Crippen molar-refractivity contribution in [2.24, 2.45) is 5.92 Å². The molecule has 1 aliphatic heterocycles. The summed E-state index contributed by atoms with van der Waals surface area (Å²) in [6.45, 7) is 7.07. The third-order valence-corrected chi connectivity index (χ3v) is 3.40. The molecule has 5 nitrogen and oxygen atoms in total. The molecular weight excluding hydrogens is 268 g/mol. The first-order valence-electron chi connectivity index (χ1n) is 7.30. The Balaban J connectivity index is 2.08. The van der Waals surface area contributed by atoms with Crippen LogP contribution in [0.25, 0.3) is 0 Å². The Hall–Kier alpha value is -1.91. The summed E-state index contributed by atoms with van der Waals surface area (Å²) in [4.78, 5) is 29.3. The van der Waals surface area contributed by atoms with E-state index in [2.05, 4.69) is 9.88 Å². The van der Waals surface area contributed by atoms with E-state index in [1.54, 1.807) is 6.07 Å². The lowest BCUT2D eigenvalue weighted by molar-refractivity contribution is -0.111. The van der Waals surface area contributed by atoms with Crippen LogP contribution in [0.5, 0.6) is 0 Å². The molecule has 114 valence electrons. The maximum atomic E-state index is 12.0. The summed E-state index contributed by atoms with van der Waals surface area (Å²) in [6.07, 6.45) is 2.70. The first-order chi connectivity index (χ1) is 9.89. The maximum absolute atomic E-state index is 12.0. The molecule has 0 amide bonds. The van der Waals surface area contributed by atoms with E-state index < -0.39 is 11.6 Å². The van der Waals surface area contributed by atoms with Crippen LogP contribution >= 0.6 is 0 Å². The van der Waals surface area contributed by atoms with E-state index in [0.717, 1.165) is 38.0 Å². The van der Waals surface area contributed by atoms with Crippen LogP contribution in [0, 0.1) is 5.92 Å². The summed E-state index contributed by atoms with van der Waals surface area (Å²) in [5.41, 5.74) is -0.211. The fourth-order valence-corrected chi connectivity index (χ4v) is 2.31. The maximum Gasteiger partial charge on any atom is 0.357 e. The molecule has 1 saturated heterocycles. The summed E-state index contributed by atoms with van der Waals surface area (Å²) in [7, 11) is 0. The number of aromatic nitrogens is 1. The van der Waals surface area contributed by atoms with Crippen molar-refractivity contribution in [2.75, 3.05) is 18.0 Å². The number of anilines is 1. The van der Waals surface area contributed by atoms with Gasteiger partial charge in [-0.25, -0.2) is 9.78 Å². The van der Waals surface area contributed by atoms with Gasteiger partial charge >= 0.3 is 5.97 Å².